The van der Waals surface area contributed by atoms with Gasteiger partial charge in [-0.05, 0) is 55.8 Å². The maximum atomic E-state index is 12.1. The number of anilines is 1. The molecule has 3 rings (SSSR count). The minimum atomic E-state index is -0.218. The molecule has 0 heterocycles. The second-order valence-electron chi connectivity index (χ2n) is 6.51. The maximum absolute atomic E-state index is 12.1. The van der Waals surface area contributed by atoms with Crippen LogP contribution in [0.3, 0.4) is 0 Å². The van der Waals surface area contributed by atoms with E-state index in [2.05, 4.69) is 5.32 Å². The molecule has 0 spiro atoms. The van der Waals surface area contributed by atoms with E-state index in [0.29, 0.717) is 28.8 Å². The van der Waals surface area contributed by atoms with Crippen LogP contribution in [0.15, 0.2) is 66.7 Å². The van der Waals surface area contributed by atoms with Crippen molar-refractivity contribution in [3.63, 3.8) is 0 Å². The van der Waals surface area contributed by atoms with E-state index >= 15 is 0 Å². The number of hydrogen-bond acceptors (Lipinski definition) is 3. The van der Waals surface area contributed by atoms with E-state index in [1.807, 2.05) is 56.3 Å². The quantitative estimate of drug-likeness (QED) is 0.570. The second kappa shape index (κ2) is 9.29. The molecule has 0 aliphatic heterocycles. The summed E-state index contributed by atoms with van der Waals surface area (Å²) in [6.45, 7) is 4.32. The summed E-state index contributed by atoms with van der Waals surface area (Å²) in [7, 11) is 0. The number of benzene rings is 3. The SMILES string of the molecule is Cc1ccc(OCC(=O)Nc2ccc(OCc3ccccc3Cl)cc2)c(C)c1. The van der Waals surface area contributed by atoms with Gasteiger partial charge in [0, 0.05) is 16.3 Å². The van der Waals surface area contributed by atoms with Gasteiger partial charge in [0.2, 0.25) is 0 Å². The van der Waals surface area contributed by atoms with E-state index in [-0.39, 0.29) is 12.5 Å². The summed E-state index contributed by atoms with van der Waals surface area (Å²) in [5.74, 6) is 1.19. The Bertz CT molecular complexity index is 954. The van der Waals surface area contributed by atoms with Crippen LogP contribution >= 0.6 is 11.6 Å². The molecule has 1 amide bonds. The van der Waals surface area contributed by atoms with Gasteiger partial charge in [-0.3, -0.25) is 4.79 Å². The molecular formula is C23H22ClNO3. The lowest BCUT2D eigenvalue weighted by molar-refractivity contribution is -0.118. The van der Waals surface area contributed by atoms with Gasteiger partial charge in [-0.25, -0.2) is 0 Å². The van der Waals surface area contributed by atoms with E-state index in [1.165, 1.54) is 0 Å². The Morgan fingerprint density at radius 2 is 1.71 bits per heavy atom. The fourth-order valence-corrected chi connectivity index (χ4v) is 2.90. The van der Waals surface area contributed by atoms with Crippen molar-refractivity contribution in [1.29, 1.82) is 0 Å². The molecule has 0 aliphatic rings. The summed E-state index contributed by atoms with van der Waals surface area (Å²) < 4.78 is 11.3. The van der Waals surface area contributed by atoms with E-state index in [4.69, 9.17) is 21.1 Å². The van der Waals surface area contributed by atoms with E-state index in [1.54, 1.807) is 24.3 Å². The van der Waals surface area contributed by atoms with Crippen molar-refractivity contribution >= 4 is 23.2 Å². The number of hydrogen-bond donors (Lipinski definition) is 1. The summed E-state index contributed by atoms with van der Waals surface area (Å²) in [6.07, 6.45) is 0. The van der Waals surface area contributed by atoms with Crippen molar-refractivity contribution in [3.05, 3.63) is 88.4 Å². The Hall–Kier alpha value is -2.98. The molecular weight excluding hydrogens is 374 g/mol. The van der Waals surface area contributed by atoms with Crippen molar-refractivity contribution in [3.8, 4) is 11.5 Å². The predicted molar refractivity (Wildman–Crippen MR) is 112 cm³/mol. The molecule has 0 aliphatic carbocycles. The zero-order chi connectivity index (χ0) is 19.9. The van der Waals surface area contributed by atoms with Crippen LogP contribution in [-0.4, -0.2) is 12.5 Å². The van der Waals surface area contributed by atoms with Crippen LogP contribution in [0.1, 0.15) is 16.7 Å². The summed E-state index contributed by atoms with van der Waals surface area (Å²) in [4.78, 5) is 12.1. The Morgan fingerprint density at radius 3 is 2.43 bits per heavy atom. The van der Waals surface area contributed by atoms with Gasteiger partial charge in [-0.15, -0.1) is 0 Å². The second-order valence-corrected chi connectivity index (χ2v) is 6.92. The highest BCUT2D eigenvalue weighted by Crippen LogP contribution is 2.21. The van der Waals surface area contributed by atoms with Gasteiger partial charge >= 0.3 is 0 Å². The maximum Gasteiger partial charge on any atom is 0.262 e. The Kier molecular flexibility index (Phi) is 6.56. The number of nitrogens with one attached hydrogen (secondary N) is 1. The van der Waals surface area contributed by atoms with Crippen LogP contribution in [0.25, 0.3) is 0 Å². The molecule has 5 heteroatoms. The molecule has 1 N–H and O–H groups in total. The Balaban J connectivity index is 1.49. The summed E-state index contributed by atoms with van der Waals surface area (Å²) in [6, 6.07) is 20.6. The topological polar surface area (TPSA) is 47.6 Å². The number of carbonyl (C=O) groups is 1. The lowest BCUT2D eigenvalue weighted by Crippen LogP contribution is -2.20. The fraction of sp³-hybridized carbons (Fsp3) is 0.174. The first-order valence-corrected chi connectivity index (χ1v) is 9.35. The van der Waals surface area contributed by atoms with E-state index < -0.39 is 0 Å². The minimum absolute atomic E-state index is 0.0470. The van der Waals surface area contributed by atoms with Gasteiger partial charge in [0.25, 0.3) is 5.91 Å². The van der Waals surface area contributed by atoms with E-state index in [0.717, 1.165) is 16.7 Å². The van der Waals surface area contributed by atoms with Crippen molar-refractivity contribution in [2.75, 3.05) is 11.9 Å². The number of carbonyl (C=O) groups excluding carboxylic acids is 1. The highest BCUT2D eigenvalue weighted by molar-refractivity contribution is 6.31. The molecule has 0 saturated carbocycles. The van der Waals surface area contributed by atoms with Crippen molar-refractivity contribution in [2.45, 2.75) is 20.5 Å². The smallest absolute Gasteiger partial charge is 0.262 e. The van der Waals surface area contributed by atoms with Crippen molar-refractivity contribution in [1.82, 2.24) is 0 Å². The lowest BCUT2D eigenvalue weighted by atomic mass is 10.1. The summed E-state index contributed by atoms with van der Waals surface area (Å²) in [5, 5.41) is 3.49. The van der Waals surface area contributed by atoms with E-state index in [9.17, 15) is 4.79 Å². The molecule has 144 valence electrons. The number of aryl methyl sites for hydroxylation is 2. The largest absolute Gasteiger partial charge is 0.489 e. The molecule has 0 atom stereocenters. The van der Waals surface area contributed by atoms with Crippen molar-refractivity contribution in [2.24, 2.45) is 0 Å². The third kappa shape index (κ3) is 5.51. The molecule has 0 radical (unpaired) electrons. The van der Waals surface area contributed by atoms with Gasteiger partial charge < -0.3 is 14.8 Å². The lowest BCUT2D eigenvalue weighted by Gasteiger charge is -2.11. The third-order valence-electron chi connectivity index (χ3n) is 4.18. The van der Waals surface area contributed by atoms with Gasteiger partial charge in [0.05, 0.1) is 0 Å². The normalized spacial score (nSPS) is 10.4. The predicted octanol–water partition coefficient (Wildman–Crippen LogP) is 5.55. The van der Waals surface area contributed by atoms with Crippen molar-refractivity contribution < 1.29 is 14.3 Å². The number of ether oxygens (including phenoxy) is 2. The average Bonchev–Trinajstić information content (AvgIpc) is 2.68. The molecule has 0 fully saturated rings. The fourth-order valence-electron chi connectivity index (χ4n) is 2.71. The van der Waals surface area contributed by atoms with Crippen LogP contribution < -0.4 is 14.8 Å². The number of halogens is 1. The van der Waals surface area contributed by atoms with Gasteiger partial charge in [0.1, 0.15) is 18.1 Å². The van der Waals surface area contributed by atoms with Crippen LogP contribution in [-0.2, 0) is 11.4 Å². The van der Waals surface area contributed by atoms with Crippen LogP contribution in [0, 0.1) is 13.8 Å². The van der Waals surface area contributed by atoms with Crippen LogP contribution in [0.5, 0.6) is 11.5 Å². The first-order chi connectivity index (χ1) is 13.5. The highest BCUT2D eigenvalue weighted by atomic mass is 35.5. The molecule has 3 aromatic rings. The first-order valence-electron chi connectivity index (χ1n) is 8.97. The third-order valence-corrected chi connectivity index (χ3v) is 4.55. The molecule has 0 unspecified atom stereocenters. The van der Waals surface area contributed by atoms with Crippen LogP contribution in [0.4, 0.5) is 5.69 Å². The number of amides is 1. The summed E-state index contributed by atoms with van der Waals surface area (Å²) in [5.41, 5.74) is 3.77. The molecule has 0 bridgehead atoms. The summed E-state index contributed by atoms with van der Waals surface area (Å²) >= 11 is 6.13. The Morgan fingerprint density at radius 1 is 0.964 bits per heavy atom. The standard InChI is InChI=1S/C23H22ClNO3/c1-16-7-12-22(17(2)13-16)28-15-23(26)25-19-8-10-20(11-9-19)27-14-18-5-3-4-6-21(18)24/h3-13H,14-15H2,1-2H3,(H,25,26). The molecule has 0 aromatic heterocycles. The van der Waals surface area contributed by atoms with Gasteiger partial charge in [-0.1, -0.05) is 47.5 Å². The van der Waals surface area contributed by atoms with Gasteiger partial charge in [0.15, 0.2) is 6.61 Å². The average molecular weight is 396 g/mol. The van der Waals surface area contributed by atoms with Gasteiger partial charge in [-0.2, -0.15) is 0 Å². The molecule has 0 saturated heterocycles. The monoisotopic (exact) mass is 395 g/mol. The highest BCUT2D eigenvalue weighted by Gasteiger charge is 2.06. The first kappa shape index (κ1) is 19.8. The Labute approximate surface area is 170 Å². The molecule has 3 aromatic carbocycles. The molecule has 28 heavy (non-hydrogen) atoms. The van der Waals surface area contributed by atoms with Crippen LogP contribution in [0.2, 0.25) is 5.02 Å². The zero-order valence-electron chi connectivity index (χ0n) is 15.9. The number of rotatable bonds is 7. The molecule has 4 nitrogen and oxygen atoms in total. The zero-order valence-corrected chi connectivity index (χ0v) is 16.6. The minimum Gasteiger partial charge on any atom is -0.489 e.